The van der Waals surface area contributed by atoms with Gasteiger partial charge in [0.25, 0.3) is 0 Å². The summed E-state index contributed by atoms with van der Waals surface area (Å²) in [7, 11) is -3.28. The molecule has 7 heteroatoms. The van der Waals surface area contributed by atoms with E-state index in [0.717, 1.165) is 61.6 Å². The number of aryl methyl sites for hydroxylation is 1. The number of benzene rings is 5. The highest BCUT2D eigenvalue weighted by molar-refractivity contribution is 7.86. The minimum absolute atomic E-state index is 0.528. The highest BCUT2D eigenvalue weighted by Crippen LogP contribution is 2.49. The molecule has 0 aliphatic carbocycles. The lowest BCUT2D eigenvalue weighted by Crippen LogP contribution is -2.33. The standard InChI is InChI=1S/C36H26N5OP/c1-2-32-37-28-19-12-20-30-33(28)41(32)29-22-21-26(23-31(29)43(30,42)27-17-10-5-11-18-27)36-39-34(24-13-6-3-7-14-24)38-35(40-36)25-15-8-4-9-16-25/h3-23H,2H2,1H3. The zero-order valence-electron chi connectivity index (χ0n) is 23.4. The lowest BCUT2D eigenvalue weighted by molar-refractivity contribution is 0.592. The van der Waals surface area contributed by atoms with Crippen molar-refractivity contribution in [3.63, 3.8) is 0 Å². The van der Waals surface area contributed by atoms with Gasteiger partial charge in [0, 0.05) is 39.0 Å². The molecule has 6 nitrogen and oxygen atoms in total. The monoisotopic (exact) mass is 575 g/mol. The lowest BCUT2D eigenvalue weighted by Gasteiger charge is -2.29. The Bertz CT molecular complexity index is 2140. The van der Waals surface area contributed by atoms with Crippen LogP contribution in [0.3, 0.4) is 0 Å². The second-order valence-electron chi connectivity index (χ2n) is 10.5. The number of hydrogen-bond donors (Lipinski definition) is 0. The van der Waals surface area contributed by atoms with Gasteiger partial charge in [0.2, 0.25) is 0 Å². The smallest absolute Gasteiger partial charge is 0.175 e. The fourth-order valence-electron chi connectivity index (χ4n) is 6.00. The van der Waals surface area contributed by atoms with Crippen LogP contribution in [0, 0.1) is 0 Å². The molecule has 0 spiro atoms. The molecule has 1 aliphatic heterocycles. The Kier molecular flexibility index (Phi) is 5.92. The summed E-state index contributed by atoms with van der Waals surface area (Å²) in [4.78, 5) is 19.7. The molecule has 0 amide bonds. The van der Waals surface area contributed by atoms with Crippen LogP contribution < -0.4 is 15.9 Å². The Morgan fingerprint density at radius 2 is 1.16 bits per heavy atom. The van der Waals surface area contributed by atoms with Crippen molar-refractivity contribution in [1.29, 1.82) is 0 Å². The zero-order chi connectivity index (χ0) is 29.0. The fourth-order valence-corrected chi connectivity index (χ4v) is 9.03. The first-order chi connectivity index (χ1) is 21.1. The third-order valence-corrected chi connectivity index (χ3v) is 11.1. The van der Waals surface area contributed by atoms with E-state index in [-0.39, 0.29) is 0 Å². The molecule has 3 heterocycles. The number of hydrogen-bond acceptors (Lipinski definition) is 5. The summed E-state index contributed by atoms with van der Waals surface area (Å²) >= 11 is 0. The van der Waals surface area contributed by atoms with E-state index in [4.69, 9.17) is 19.9 Å². The van der Waals surface area contributed by atoms with Gasteiger partial charge in [-0.05, 0) is 30.3 Å². The normalized spacial score (nSPS) is 15.4. The molecular weight excluding hydrogens is 549 g/mol. The van der Waals surface area contributed by atoms with Gasteiger partial charge in [0.05, 0.1) is 16.7 Å². The number of nitrogens with zero attached hydrogens (tertiary/aromatic N) is 5. The van der Waals surface area contributed by atoms with Crippen molar-refractivity contribution >= 4 is 34.1 Å². The van der Waals surface area contributed by atoms with Crippen LogP contribution in [0.2, 0.25) is 0 Å². The molecule has 0 saturated carbocycles. The summed E-state index contributed by atoms with van der Waals surface area (Å²) < 4.78 is 17.8. The molecule has 43 heavy (non-hydrogen) atoms. The van der Waals surface area contributed by atoms with Crippen molar-refractivity contribution < 1.29 is 4.57 Å². The van der Waals surface area contributed by atoms with E-state index in [0.29, 0.717) is 17.5 Å². The van der Waals surface area contributed by atoms with Crippen LogP contribution in [-0.2, 0) is 11.0 Å². The van der Waals surface area contributed by atoms with E-state index >= 15 is 4.57 Å². The summed E-state index contributed by atoms with van der Waals surface area (Å²) in [6.45, 7) is 2.10. The van der Waals surface area contributed by atoms with Gasteiger partial charge in [0.1, 0.15) is 5.82 Å². The second kappa shape index (κ2) is 9.97. The largest absolute Gasteiger partial charge is 0.308 e. The molecule has 0 N–H and O–H groups in total. The highest BCUT2D eigenvalue weighted by atomic mass is 31.2. The van der Waals surface area contributed by atoms with E-state index < -0.39 is 7.14 Å². The summed E-state index contributed by atoms with van der Waals surface area (Å²) in [5.41, 5.74) is 5.24. The Hall–Kier alpha value is -5.19. The van der Waals surface area contributed by atoms with Crippen LogP contribution in [0.5, 0.6) is 0 Å². The molecule has 206 valence electrons. The van der Waals surface area contributed by atoms with Gasteiger partial charge < -0.3 is 4.57 Å². The quantitative estimate of drug-likeness (QED) is 0.213. The SMILES string of the molecule is CCc1nc2cccc3c2n1-c1ccc(-c2nc(-c4ccccc4)nc(-c4ccccc4)n2)cc1P3(=O)c1ccccc1. The van der Waals surface area contributed by atoms with Crippen molar-refractivity contribution in [3.05, 3.63) is 133 Å². The average Bonchev–Trinajstić information content (AvgIpc) is 3.47. The van der Waals surface area contributed by atoms with E-state index in [1.807, 2.05) is 127 Å². The minimum Gasteiger partial charge on any atom is -0.308 e. The molecule has 1 unspecified atom stereocenters. The summed E-state index contributed by atoms with van der Waals surface area (Å²) in [5.74, 6) is 2.64. The van der Waals surface area contributed by atoms with E-state index in [2.05, 4.69) is 11.5 Å². The van der Waals surface area contributed by atoms with Crippen LogP contribution in [-0.4, -0.2) is 24.5 Å². The number of para-hydroxylation sites is 1. The summed E-state index contributed by atoms with van der Waals surface area (Å²) in [6, 6.07) is 41.7. The van der Waals surface area contributed by atoms with Gasteiger partial charge >= 0.3 is 0 Å². The number of fused-ring (bicyclic) bond motifs is 2. The molecule has 1 atom stereocenters. The highest BCUT2D eigenvalue weighted by Gasteiger charge is 2.40. The van der Waals surface area contributed by atoms with Crippen LogP contribution >= 0.6 is 7.14 Å². The number of imidazole rings is 1. The number of rotatable bonds is 5. The van der Waals surface area contributed by atoms with Crippen LogP contribution in [0.15, 0.2) is 127 Å². The Balaban J connectivity index is 1.41. The molecule has 2 aromatic heterocycles. The topological polar surface area (TPSA) is 73.6 Å². The third kappa shape index (κ3) is 3.98. The van der Waals surface area contributed by atoms with Crippen molar-refractivity contribution in [2.75, 3.05) is 0 Å². The maximum absolute atomic E-state index is 15.6. The molecule has 5 aromatic carbocycles. The van der Waals surface area contributed by atoms with Crippen LogP contribution in [0.25, 0.3) is 50.9 Å². The Morgan fingerprint density at radius 3 is 1.77 bits per heavy atom. The molecule has 0 saturated heterocycles. The lowest BCUT2D eigenvalue weighted by atomic mass is 10.1. The minimum atomic E-state index is -3.28. The van der Waals surface area contributed by atoms with E-state index in [9.17, 15) is 0 Å². The van der Waals surface area contributed by atoms with E-state index in [1.54, 1.807) is 0 Å². The molecule has 0 bridgehead atoms. The first-order valence-corrected chi connectivity index (χ1v) is 16.0. The van der Waals surface area contributed by atoms with Crippen LogP contribution in [0.1, 0.15) is 12.7 Å². The van der Waals surface area contributed by atoms with Gasteiger partial charge in [-0.25, -0.2) is 19.9 Å². The number of aromatic nitrogens is 5. The zero-order valence-corrected chi connectivity index (χ0v) is 24.3. The maximum atomic E-state index is 15.6. The predicted octanol–water partition coefficient (Wildman–Crippen LogP) is 6.73. The van der Waals surface area contributed by atoms with Crippen molar-refractivity contribution in [3.8, 4) is 39.9 Å². The summed E-state index contributed by atoms with van der Waals surface area (Å²) in [5, 5.41) is 2.35. The molecular formula is C36H26N5OP. The first-order valence-electron chi connectivity index (χ1n) is 14.3. The Labute approximate surface area is 249 Å². The Morgan fingerprint density at radius 1 is 0.581 bits per heavy atom. The van der Waals surface area contributed by atoms with Gasteiger partial charge in [-0.15, -0.1) is 0 Å². The van der Waals surface area contributed by atoms with Crippen molar-refractivity contribution in [2.45, 2.75) is 13.3 Å². The molecule has 1 aliphatic rings. The average molecular weight is 576 g/mol. The van der Waals surface area contributed by atoms with Crippen LogP contribution in [0.4, 0.5) is 0 Å². The predicted molar refractivity (Wildman–Crippen MR) is 173 cm³/mol. The fraction of sp³-hybridized carbons (Fsp3) is 0.0556. The van der Waals surface area contributed by atoms with Crippen molar-refractivity contribution in [1.82, 2.24) is 24.5 Å². The summed E-state index contributed by atoms with van der Waals surface area (Å²) in [6.07, 6.45) is 0.749. The van der Waals surface area contributed by atoms with Crippen molar-refractivity contribution in [2.24, 2.45) is 0 Å². The second-order valence-corrected chi connectivity index (χ2v) is 13.2. The third-order valence-electron chi connectivity index (χ3n) is 8.01. The molecule has 8 rings (SSSR count). The van der Waals surface area contributed by atoms with Gasteiger partial charge in [0.15, 0.2) is 24.6 Å². The van der Waals surface area contributed by atoms with E-state index in [1.165, 1.54) is 0 Å². The molecule has 0 radical (unpaired) electrons. The molecule has 0 fully saturated rings. The van der Waals surface area contributed by atoms with Gasteiger partial charge in [-0.3, -0.25) is 4.57 Å². The van der Waals surface area contributed by atoms with Gasteiger partial charge in [-0.2, -0.15) is 0 Å². The maximum Gasteiger partial charge on any atom is 0.175 e. The van der Waals surface area contributed by atoms with Gasteiger partial charge in [-0.1, -0.05) is 104 Å². The first kappa shape index (κ1) is 25.5. The molecule has 7 aromatic rings.